The normalized spacial score (nSPS) is 11.0. The summed E-state index contributed by atoms with van der Waals surface area (Å²) in [5.74, 6) is -0.0925. The van der Waals surface area contributed by atoms with Crippen molar-refractivity contribution in [1.29, 1.82) is 0 Å². The summed E-state index contributed by atoms with van der Waals surface area (Å²) < 4.78 is 34.7. The van der Waals surface area contributed by atoms with Crippen LogP contribution in [0.25, 0.3) is 0 Å². The molecule has 3 N–H and O–H groups in total. The fourth-order valence-electron chi connectivity index (χ4n) is 2.89. The van der Waals surface area contributed by atoms with E-state index in [1.807, 2.05) is 0 Å². The number of ether oxygens (including phenoxy) is 1. The lowest BCUT2D eigenvalue weighted by Gasteiger charge is -2.04. The molecule has 0 saturated heterocycles. The Labute approximate surface area is 179 Å². The van der Waals surface area contributed by atoms with Crippen molar-refractivity contribution < 1.29 is 26.7 Å². The first-order valence-corrected chi connectivity index (χ1v) is 12.6. The summed E-state index contributed by atoms with van der Waals surface area (Å²) in [5, 5.41) is 0. The Morgan fingerprint density at radius 2 is 1.14 bits per heavy atom. The molecule has 0 aromatic carbocycles. The largest absolute Gasteiger partial charge is 0.464 e. The quantitative estimate of drug-likeness (QED) is 0.162. The van der Waals surface area contributed by atoms with E-state index in [0.29, 0.717) is 19.6 Å². The highest BCUT2D eigenvalue weighted by Gasteiger charge is 2.01. The van der Waals surface area contributed by atoms with Crippen LogP contribution >= 0.6 is 0 Å². The molecular weight excluding hydrogens is 394 g/mol. The summed E-state index contributed by atoms with van der Waals surface area (Å²) in [6, 6.07) is 0. The predicted molar refractivity (Wildman–Crippen MR) is 118 cm³/mol. The lowest BCUT2D eigenvalue weighted by atomic mass is 10.0. The van der Waals surface area contributed by atoms with Crippen LogP contribution in [0.5, 0.6) is 0 Å². The van der Waals surface area contributed by atoms with Crippen LogP contribution in [-0.4, -0.2) is 39.2 Å². The zero-order chi connectivity index (χ0) is 22.2. The van der Waals surface area contributed by atoms with Crippen molar-refractivity contribution in [2.24, 2.45) is 5.73 Å². The molecule has 0 amide bonds. The molecule has 8 heteroatoms. The van der Waals surface area contributed by atoms with Gasteiger partial charge in [0.1, 0.15) is 6.61 Å². The highest BCUT2D eigenvalue weighted by molar-refractivity contribution is 7.80. The van der Waals surface area contributed by atoms with Gasteiger partial charge in [-0.25, -0.2) is 0 Å². The fraction of sp³-hybridized carbons (Fsp3) is 0.952. The second-order valence-electron chi connectivity index (χ2n) is 7.30. The highest BCUT2D eigenvalue weighted by Crippen LogP contribution is 2.13. The molecule has 0 aromatic rings. The van der Waals surface area contributed by atoms with Gasteiger partial charge in [0.2, 0.25) is 0 Å². The Hall–Kier alpha value is -0.700. The second kappa shape index (κ2) is 23.6. The predicted octanol–water partition coefficient (Wildman–Crippen LogP) is 5.19. The Morgan fingerprint density at radius 1 is 0.793 bits per heavy atom. The van der Waals surface area contributed by atoms with Gasteiger partial charge in [-0.3, -0.25) is 13.5 Å². The number of rotatable bonds is 19. The number of nitrogens with two attached hydrogens (primary N) is 1. The monoisotopic (exact) mass is 439 g/mol. The third-order valence-electron chi connectivity index (χ3n) is 4.58. The topological polar surface area (TPSA) is 116 Å². The van der Waals surface area contributed by atoms with Crippen molar-refractivity contribution in [3.63, 3.8) is 0 Å². The van der Waals surface area contributed by atoms with Crippen molar-refractivity contribution in [2.75, 3.05) is 20.3 Å². The van der Waals surface area contributed by atoms with Crippen molar-refractivity contribution in [3.8, 4) is 0 Å². The molecule has 7 nitrogen and oxygen atoms in total. The highest BCUT2D eigenvalue weighted by atomic mass is 32.3. The molecule has 0 aliphatic carbocycles. The maximum atomic E-state index is 11.3. The molecule has 0 aliphatic rings. The molecule has 0 atom stereocenters. The average Bonchev–Trinajstić information content (AvgIpc) is 2.69. The average molecular weight is 440 g/mol. The van der Waals surface area contributed by atoms with Crippen LogP contribution in [0.2, 0.25) is 0 Å². The van der Waals surface area contributed by atoms with E-state index in [1.165, 1.54) is 83.5 Å². The van der Waals surface area contributed by atoms with Crippen LogP contribution in [0.4, 0.5) is 0 Å². The zero-order valence-corrected chi connectivity index (χ0v) is 19.5. The third-order valence-corrected chi connectivity index (χ3v) is 5.00. The van der Waals surface area contributed by atoms with E-state index in [0.717, 1.165) is 20.0 Å². The first-order valence-electron chi connectivity index (χ1n) is 11.3. The SMILES string of the molecule is CCCCCCCCCCCCCCCCCC(=O)OCCN.COS(=O)(=O)O. The summed E-state index contributed by atoms with van der Waals surface area (Å²) in [4.78, 5) is 11.3. The molecule has 0 rings (SSSR count). The van der Waals surface area contributed by atoms with Gasteiger partial charge < -0.3 is 10.5 Å². The van der Waals surface area contributed by atoms with Gasteiger partial charge in [-0.05, 0) is 6.42 Å². The van der Waals surface area contributed by atoms with Gasteiger partial charge in [0.15, 0.2) is 0 Å². The van der Waals surface area contributed by atoms with Gasteiger partial charge in [0.25, 0.3) is 0 Å². The standard InChI is InChI=1S/C20H41NO2.CH4O4S/c1-2-3-4-5-6-7-8-9-10-11-12-13-14-15-16-17-20(22)23-19-18-21;1-5-6(2,3)4/h2-19,21H2,1H3;1H3,(H,2,3,4). The van der Waals surface area contributed by atoms with Crippen LogP contribution in [0.3, 0.4) is 0 Å². The molecule has 0 saturated carbocycles. The Balaban J connectivity index is 0. The number of hydrogen-bond acceptors (Lipinski definition) is 6. The van der Waals surface area contributed by atoms with Crippen molar-refractivity contribution >= 4 is 16.4 Å². The van der Waals surface area contributed by atoms with E-state index in [1.54, 1.807) is 0 Å². The first-order chi connectivity index (χ1) is 13.9. The minimum absolute atomic E-state index is 0.0925. The molecular formula is C21H45NO6S. The molecule has 0 fully saturated rings. The number of unbranched alkanes of at least 4 members (excludes halogenated alkanes) is 14. The Bertz CT molecular complexity index is 442. The van der Waals surface area contributed by atoms with E-state index < -0.39 is 10.4 Å². The first kappa shape index (κ1) is 30.5. The Kier molecular flexibility index (Phi) is 24.8. The van der Waals surface area contributed by atoms with E-state index in [4.69, 9.17) is 15.0 Å². The second-order valence-corrected chi connectivity index (χ2v) is 8.49. The maximum Gasteiger partial charge on any atom is 0.397 e. The summed E-state index contributed by atoms with van der Waals surface area (Å²) in [6.07, 6.45) is 20.7. The summed E-state index contributed by atoms with van der Waals surface area (Å²) in [7, 11) is -3.29. The van der Waals surface area contributed by atoms with Crippen molar-refractivity contribution in [3.05, 3.63) is 0 Å². The zero-order valence-electron chi connectivity index (χ0n) is 18.7. The van der Waals surface area contributed by atoms with E-state index in [-0.39, 0.29) is 5.97 Å². The van der Waals surface area contributed by atoms with Crippen LogP contribution in [0, 0.1) is 0 Å². The minimum Gasteiger partial charge on any atom is -0.464 e. The van der Waals surface area contributed by atoms with Gasteiger partial charge >= 0.3 is 16.4 Å². The number of esters is 1. The molecule has 0 heterocycles. The van der Waals surface area contributed by atoms with Crippen LogP contribution < -0.4 is 5.73 Å². The number of carbonyl (C=O) groups is 1. The van der Waals surface area contributed by atoms with Crippen molar-refractivity contribution in [1.82, 2.24) is 0 Å². The molecule has 0 spiro atoms. The molecule has 0 radical (unpaired) electrons. The molecule has 0 unspecified atom stereocenters. The van der Waals surface area contributed by atoms with E-state index in [2.05, 4.69) is 11.1 Å². The molecule has 176 valence electrons. The Morgan fingerprint density at radius 3 is 1.45 bits per heavy atom. The maximum absolute atomic E-state index is 11.3. The van der Waals surface area contributed by atoms with Crippen LogP contribution in [-0.2, 0) is 24.1 Å². The van der Waals surface area contributed by atoms with Gasteiger partial charge in [-0.15, -0.1) is 0 Å². The number of hydrogen-bond donors (Lipinski definition) is 2. The summed E-state index contributed by atoms with van der Waals surface area (Å²) >= 11 is 0. The van der Waals surface area contributed by atoms with Gasteiger partial charge in [-0.2, -0.15) is 8.42 Å². The molecule has 0 aliphatic heterocycles. The van der Waals surface area contributed by atoms with E-state index in [9.17, 15) is 13.2 Å². The van der Waals surface area contributed by atoms with Crippen LogP contribution in [0.1, 0.15) is 110 Å². The van der Waals surface area contributed by atoms with E-state index >= 15 is 0 Å². The minimum atomic E-state index is -4.16. The molecule has 0 bridgehead atoms. The lowest BCUT2D eigenvalue weighted by molar-refractivity contribution is -0.143. The fourth-order valence-corrected chi connectivity index (χ4v) is 2.89. The summed E-state index contributed by atoms with van der Waals surface area (Å²) in [5.41, 5.74) is 5.29. The molecule has 29 heavy (non-hydrogen) atoms. The lowest BCUT2D eigenvalue weighted by Crippen LogP contribution is -2.13. The van der Waals surface area contributed by atoms with Gasteiger partial charge in [0.05, 0.1) is 7.11 Å². The molecule has 0 aromatic heterocycles. The number of carbonyl (C=O) groups excluding carboxylic acids is 1. The van der Waals surface area contributed by atoms with Crippen molar-refractivity contribution in [2.45, 2.75) is 110 Å². The van der Waals surface area contributed by atoms with Gasteiger partial charge in [0, 0.05) is 13.0 Å². The third kappa shape index (κ3) is 32.2. The van der Waals surface area contributed by atoms with Crippen LogP contribution in [0.15, 0.2) is 0 Å². The summed E-state index contributed by atoms with van der Waals surface area (Å²) in [6.45, 7) is 3.06. The van der Waals surface area contributed by atoms with Gasteiger partial charge in [-0.1, -0.05) is 96.8 Å². The smallest absolute Gasteiger partial charge is 0.397 e.